The minimum absolute atomic E-state index is 0.170. The number of hydrogen-bond acceptors (Lipinski definition) is 7. The second-order valence-electron chi connectivity index (χ2n) is 4.05. The zero-order chi connectivity index (χ0) is 15.4. The number of amides is 1. The van der Waals surface area contributed by atoms with Gasteiger partial charge in [-0.05, 0) is 39.5 Å². The standard InChI is InChI=1S/C13H9BrN4O2S2/c14-8-3-4-10(15-6-8)16-11(19)7-22-13-18-17-12(20-13)9-2-1-5-21-9/h1-6H,7H2,(H,15,16,19). The number of thioether (sulfide) groups is 1. The molecular weight excluding hydrogens is 388 g/mol. The number of carbonyl (C=O) groups is 1. The van der Waals surface area contributed by atoms with Gasteiger partial charge in [-0.1, -0.05) is 17.8 Å². The SMILES string of the molecule is O=C(CSc1nnc(-c2cccs2)o1)Nc1ccc(Br)cn1. The molecule has 3 heterocycles. The zero-order valence-electron chi connectivity index (χ0n) is 11.0. The maximum atomic E-state index is 11.8. The Labute approximate surface area is 142 Å². The van der Waals surface area contributed by atoms with Crippen molar-refractivity contribution in [3.8, 4) is 10.8 Å². The summed E-state index contributed by atoms with van der Waals surface area (Å²) in [6.07, 6.45) is 1.62. The number of nitrogens with one attached hydrogen (secondary N) is 1. The van der Waals surface area contributed by atoms with Crippen molar-refractivity contribution in [2.75, 3.05) is 11.1 Å². The molecule has 1 N–H and O–H groups in total. The molecule has 0 aliphatic carbocycles. The summed E-state index contributed by atoms with van der Waals surface area (Å²) in [6, 6.07) is 7.34. The maximum absolute atomic E-state index is 11.8. The molecule has 0 radical (unpaired) electrons. The Balaban J connectivity index is 1.54. The fourth-order valence-corrected chi connectivity index (χ4v) is 2.97. The smallest absolute Gasteiger partial charge is 0.277 e. The first-order valence-electron chi connectivity index (χ1n) is 6.12. The predicted octanol–water partition coefficient (Wildman–Crippen LogP) is 3.69. The lowest BCUT2D eigenvalue weighted by molar-refractivity contribution is -0.113. The van der Waals surface area contributed by atoms with Crippen LogP contribution in [0, 0.1) is 0 Å². The Morgan fingerprint density at radius 2 is 2.27 bits per heavy atom. The van der Waals surface area contributed by atoms with E-state index in [-0.39, 0.29) is 11.7 Å². The number of aromatic nitrogens is 3. The van der Waals surface area contributed by atoms with Crippen LogP contribution in [0.25, 0.3) is 10.8 Å². The van der Waals surface area contributed by atoms with E-state index in [1.54, 1.807) is 18.3 Å². The molecule has 0 saturated carbocycles. The summed E-state index contributed by atoms with van der Waals surface area (Å²) in [7, 11) is 0. The first-order valence-corrected chi connectivity index (χ1v) is 8.78. The first-order chi connectivity index (χ1) is 10.7. The molecular formula is C13H9BrN4O2S2. The minimum atomic E-state index is -0.185. The van der Waals surface area contributed by atoms with Crippen LogP contribution in [-0.2, 0) is 4.79 Å². The summed E-state index contributed by atoms with van der Waals surface area (Å²) in [5.41, 5.74) is 0. The van der Waals surface area contributed by atoms with Gasteiger partial charge in [-0.25, -0.2) is 4.98 Å². The normalized spacial score (nSPS) is 10.6. The van der Waals surface area contributed by atoms with Gasteiger partial charge in [0.15, 0.2) is 0 Å². The second-order valence-corrected chi connectivity index (χ2v) is 6.84. The second kappa shape index (κ2) is 7.03. The van der Waals surface area contributed by atoms with Crippen LogP contribution in [0.2, 0.25) is 0 Å². The molecule has 0 aliphatic heterocycles. The Morgan fingerprint density at radius 1 is 1.36 bits per heavy atom. The number of anilines is 1. The van der Waals surface area contributed by atoms with Crippen molar-refractivity contribution in [1.29, 1.82) is 0 Å². The molecule has 0 atom stereocenters. The van der Waals surface area contributed by atoms with Crippen LogP contribution in [0.1, 0.15) is 0 Å². The molecule has 0 saturated heterocycles. The summed E-state index contributed by atoms with van der Waals surface area (Å²) in [5.74, 6) is 0.950. The fraction of sp³-hybridized carbons (Fsp3) is 0.0769. The van der Waals surface area contributed by atoms with Crippen LogP contribution in [0.4, 0.5) is 5.82 Å². The molecule has 6 nitrogen and oxygen atoms in total. The van der Waals surface area contributed by atoms with Crippen molar-refractivity contribution in [2.45, 2.75) is 5.22 Å². The van der Waals surface area contributed by atoms with Crippen molar-refractivity contribution in [1.82, 2.24) is 15.2 Å². The van der Waals surface area contributed by atoms with E-state index >= 15 is 0 Å². The molecule has 0 aromatic carbocycles. The van der Waals surface area contributed by atoms with Gasteiger partial charge in [0.25, 0.3) is 11.1 Å². The Kier molecular flexibility index (Phi) is 4.86. The molecule has 112 valence electrons. The highest BCUT2D eigenvalue weighted by Crippen LogP contribution is 2.26. The van der Waals surface area contributed by atoms with Crippen LogP contribution in [0.15, 0.2) is 50.0 Å². The molecule has 3 aromatic heterocycles. The van der Waals surface area contributed by atoms with Gasteiger partial charge in [0, 0.05) is 10.7 Å². The first kappa shape index (κ1) is 15.2. The Hall–Kier alpha value is -1.71. The van der Waals surface area contributed by atoms with E-state index < -0.39 is 0 Å². The highest BCUT2D eigenvalue weighted by Gasteiger charge is 2.12. The molecule has 0 fully saturated rings. The van der Waals surface area contributed by atoms with E-state index in [9.17, 15) is 4.79 Å². The quantitative estimate of drug-likeness (QED) is 0.662. The van der Waals surface area contributed by atoms with E-state index in [2.05, 4.69) is 36.4 Å². The van der Waals surface area contributed by atoms with Crippen LogP contribution in [0.5, 0.6) is 0 Å². The number of rotatable bonds is 5. The van der Waals surface area contributed by atoms with Gasteiger partial charge in [-0.15, -0.1) is 21.5 Å². The maximum Gasteiger partial charge on any atom is 0.277 e. The fourth-order valence-electron chi connectivity index (χ4n) is 1.52. The van der Waals surface area contributed by atoms with Gasteiger partial charge in [-0.2, -0.15) is 0 Å². The van der Waals surface area contributed by atoms with Crippen molar-refractivity contribution in [3.63, 3.8) is 0 Å². The highest BCUT2D eigenvalue weighted by atomic mass is 79.9. The summed E-state index contributed by atoms with van der Waals surface area (Å²) in [6.45, 7) is 0. The summed E-state index contributed by atoms with van der Waals surface area (Å²) >= 11 is 5.99. The highest BCUT2D eigenvalue weighted by molar-refractivity contribution is 9.10. The van der Waals surface area contributed by atoms with E-state index in [4.69, 9.17) is 4.42 Å². The number of halogens is 1. The zero-order valence-corrected chi connectivity index (χ0v) is 14.2. The number of thiophene rings is 1. The van der Waals surface area contributed by atoms with Crippen LogP contribution < -0.4 is 5.32 Å². The monoisotopic (exact) mass is 396 g/mol. The summed E-state index contributed by atoms with van der Waals surface area (Å²) in [4.78, 5) is 16.8. The molecule has 3 aromatic rings. The average molecular weight is 397 g/mol. The average Bonchev–Trinajstić information content (AvgIpc) is 3.18. The van der Waals surface area contributed by atoms with Gasteiger partial charge < -0.3 is 9.73 Å². The Bertz CT molecular complexity index is 759. The molecule has 0 bridgehead atoms. The molecule has 9 heteroatoms. The Morgan fingerprint density at radius 3 is 3.00 bits per heavy atom. The molecule has 3 rings (SSSR count). The van der Waals surface area contributed by atoms with Gasteiger partial charge >= 0.3 is 0 Å². The van der Waals surface area contributed by atoms with Crippen molar-refractivity contribution in [3.05, 3.63) is 40.3 Å². The van der Waals surface area contributed by atoms with E-state index in [0.29, 0.717) is 16.9 Å². The lowest BCUT2D eigenvalue weighted by Crippen LogP contribution is -2.14. The molecule has 0 aliphatic rings. The largest absolute Gasteiger partial charge is 0.410 e. The number of pyridine rings is 1. The number of nitrogens with zero attached hydrogens (tertiary/aromatic N) is 3. The molecule has 0 unspecified atom stereocenters. The summed E-state index contributed by atoms with van der Waals surface area (Å²) < 4.78 is 6.35. The third-order valence-electron chi connectivity index (χ3n) is 2.46. The minimum Gasteiger partial charge on any atom is -0.410 e. The third kappa shape index (κ3) is 3.93. The van der Waals surface area contributed by atoms with Gasteiger partial charge in [0.2, 0.25) is 5.91 Å². The van der Waals surface area contributed by atoms with Crippen molar-refractivity contribution < 1.29 is 9.21 Å². The van der Waals surface area contributed by atoms with Crippen molar-refractivity contribution >= 4 is 50.8 Å². The summed E-state index contributed by atoms with van der Waals surface area (Å²) in [5, 5.41) is 12.9. The number of hydrogen-bond donors (Lipinski definition) is 1. The van der Waals surface area contributed by atoms with Crippen LogP contribution in [0.3, 0.4) is 0 Å². The van der Waals surface area contributed by atoms with Crippen LogP contribution in [-0.4, -0.2) is 26.8 Å². The van der Waals surface area contributed by atoms with Gasteiger partial charge in [0.05, 0.1) is 10.6 Å². The lowest BCUT2D eigenvalue weighted by atomic mass is 10.4. The van der Waals surface area contributed by atoms with Gasteiger partial charge in [0.1, 0.15) is 5.82 Å². The lowest BCUT2D eigenvalue weighted by Gasteiger charge is -2.02. The third-order valence-corrected chi connectivity index (χ3v) is 4.61. The molecule has 22 heavy (non-hydrogen) atoms. The van der Waals surface area contributed by atoms with Gasteiger partial charge in [-0.3, -0.25) is 4.79 Å². The van der Waals surface area contributed by atoms with E-state index in [0.717, 1.165) is 9.35 Å². The predicted molar refractivity (Wildman–Crippen MR) is 88.9 cm³/mol. The van der Waals surface area contributed by atoms with Crippen LogP contribution >= 0.6 is 39.0 Å². The van der Waals surface area contributed by atoms with E-state index in [1.165, 1.54) is 23.1 Å². The van der Waals surface area contributed by atoms with E-state index in [1.807, 2.05) is 17.5 Å². The molecule has 0 spiro atoms. The number of carbonyl (C=O) groups excluding carboxylic acids is 1. The van der Waals surface area contributed by atoms with Crippen molar-refractivity contribution in [2.24, 2.45) is 0 Å². The topological polar surface area (TPSA) is 80.9 Å². The molecule has 1 amide bonds.